The molecule has 0 saturated heterocycles. The number of nitrogens with zero attached hydrogens (tertiary/aromatic N) is 6. The zero-order valence-corrected chi connectivity index (χ0v) is 14.0. The molecule has 4 aromatic rings. The van der Waals surface area contributed by atoms with Gasteiger partial charge in [-0.15, -0.1) is 0 Å². The number of rotatable bonds is 3. The summed E-state index contributed by atoms with van der Waals surface area (Å²) < 4.78 is 3.86. The van der Waals surface area contributed by atoms with Crippen molar-refractivity contribution in [3.63, 3.8) is 0 Å². The molecule has 0 unspecified atom stereocenters. The summed E-state index contributed by atoms with van der Waals surface area (Å²) in [5.74, 6) is 0.947. The minimum Gasteiger partial charge on any atom is -0.361 e. The lowest BCUT2D eigenvalue weighted by molar-refractivity contribution is 0.0707. The van der Waals surface area contributed by atoms with Crippen LogP contribution in [0.5, 0.6) is 0 Å². The topological polar surface area (TPSA) is 84.6 Å². The highest BCUT2D eigenvalue weighted by molar-refractivity contribution is 5.98. The Morgan fingerprint density at radius 3 is 3.08 bits per heavy atom. The Kier molecular flexibility index (Phi) is 3.34. The number of aromatic amines is 1. The Morgan fingerprint density at radius 2 is 2.19 bits per heavy atom. The Hall–Kier alpha value is -3.42. The number of hydrogen-bond donors (Lipinski definition) is 1. The van der Waals surface area contributed by atoms with Crippen LogP contribution in [0.15, 0.2) is 49.3 Å². The number of carbonyl (C=O) groups is 1. The Balaban J connectivity index is 1.36. The summed E-state index contributed by atoms with van der Waals surface area (Å²) in [7, 11) is 0. The molecular formula is C18H17N7O. The van der Waals surface area contributed by atoms with E-state index in [9.17, 15) is 4.79 Å². The first kappa shape index (κ1) is 14.9. The van der Waals surface area contributed by atoms with Crippen molar-refractivity contribution >= 4 is 16.8 Å². The summed E-state index contributed by atoms with van der Waals surface area (Å²) in [6.07, 6.45) is 7.10. The fraction of sp³-hybridized carbons (Fsp3) is 0.222. The number of fused-ring (bicyclic) bond motifs is 2. The van der Waals surface area contributed by atoms with Gasteiger partial charge in [0.15, 0.2) is 0 Å². The molecule has 0 bridgehead atoms. The first-order valence-corrected chi connectivity index (χ1v) is 8.50. The Labute approximate surface area is 149 Å². The molecule has 0 atom stereocenters. The summed E-state index contributed by atoms with van der Waals surface area (Å²) in [4.78, 5) is 26.5. The van der Waals surface area contributed by atoms with Crippen molar-refractivity contribution in [2.75, 3.05) is 6.54 Å². The minimum atomic E-state index is 0.0418. The van der Waals surface area contributed by atoms with Crippen molar-refractivity contribution in [1.82, 2.24) is 34.2 Å². The molecule has 26 heavy (non-hydrogen) atoms. The molecule has 1 aliphatic rings. The zero-order chi connectivity index (χ0) is 17.5. The molecule has 3 aromatic heterocycles. The van der Waals surface area contributed by atoms with Gasteiger partial charge in [-0.05, 0) is 24.3 Å². The maximum Gasteiger partial charge on any atom is 0.254 e. The van der Waals surface area contributed by atoms with Crippen LogP contribution in [-0.4, -0.2) is 46.7 Å². The van der Waals surface area contributed by atoms with E-state index in [0.717, 1.165) is 29.0 Å². The van der Waals surface area contributed by atoms with Gasteiger partial charge in [0, 0.05) is 41.9 Å². The standard InChI is InChI=1S/C18H17N7O/c26-18(14-1-2-16-13(7-14)3-4-20-16)24-6-5-23-8-15(22-17(23)10-24)9-25-12-19-11-21-25/h1-4,7-8,11-12,20H,5-6,9-10H2. The number of carbonyl (C=O) groups excluding carboxylic acids is 1. The van der Waals surface area contributed by atoms with Crippen molar-refractivity contribution < 1.29 is 4.79 Å². The van der Waals surface area contributed by atoms with E-state index in [1.54, 1.807) is 11.0 Å². The molecule has 8 heteroatoms. The average molecular weight is 347 g/mol. The number of imidazole rings is 1. The summed E-state index contributed by atoms with van der Waals surface area (Å²) in [5.41, 5.74) is 2.67. The Morgan fingerprint density at radius 1 is 1.23 bits per heavy atom. The first-order chi connectivity index (χ1) is 12.8. The molecule has 4 heterocycles. The second kappa shape index (κ2) is 5.83. The third kappa shape index (κ3) is 2.55. The molecule has 1 aliphatic heterocycles. The molecule has 130 valence electrons. The fourth-order valence-corrected chi connectivity index (χ4v) is 3.41. The number of amides is 1. The van der Waals surface area contributed by atoms with Crippen LogP contribution in [0.1, 0.15) is 21.9 Å². The number of aromatic nitrogens is 6. The minimum absolute atomic E-state index is 0.0418. The van der Waals surface area contributed by atoms with Gasteiger partial charge in [0.2, 0.25) is 0 Å². The molecule has 1 amide bonds. The molecule has 8 nitrogen and oxygen atoms in total. The molecule has 5 rings (SSSR count). The quantitative estimate of drug-likeness (QED) is 0.611. The normalized spacial score (nSPS) is 13.9. The van der Waals surface area contributed by atoms with Crippen molar-refractivity contribution in [2.45, 2.75) is 19.6 Å². The van der Waals surface area contributed by atoms with Gasteiger partial charge in [-0.2, -0.15) is 5.10 Å². The van der Waals surface area contributed by atoms with E-state index in [-0.39, 0.29) is 5.91 Å². The lowest BCUT2D eigenvalue weighted by Crippen LogP contribution is -2.38. The van der Waals surface area contributed by atoms with Crippen LogP contribution < -0.4 is 0 Å². The number of benzene rings is 1. The smallest absolute Gasteiger partial charge is 0.254 e. The SMILES string of the molecule is O=C(c1ccc2[nH]ccc2c1)N1CCn2cc(Cn3cncn3)nc2C1. The third-order valence-corrected chi connectivity index (χ3v) is 4.73. The van der Waals surface area contributed by atoms with Gasteiger partial charge in [-0.25, -0.2) is 14.6 Å². The molecule has 0 fully saturated rings. The maximum atomic E-state index is 12.9. The predicted molar refractivity (Wildman–Crippen MR) is 94.4 cm³/mol. The van der Waals surface area contributed by atoms with Crippen molar-refractivity contribution in [3.8, 4) is 0 Å². The van der Waals surface area contributed by atoms with Crippen LogP contribution in [0.2, 0.25) is 0 Å². The second-order valence-corrected chi connectivity index (χ2v) is 6.44. The van der Waals surface area contributed by atoms with Crippen LogP contribution in [0.3, 0.4) is 0 Å². The summed E-state index contributed by atoms with van der Waals surface area (Å²) in [6, 6.07) is 7.74. The summed E-state index contributed by atoms with van der Waals surface area (Å²) in [5, 5.41) is 5.16. The second-order valence-electron chi connectivity index (χ2n) is 6.44. The Bertz CT molecular complexity index is 1080. The fourth-order valence-electron chi connectivity index (χ4n) is 3.41. The molecule has 0 saturated carbocycles. The van der Waals surface area contributed by atoms with Crippen LogP contribution in [0.25, 0.3) is 10.9 Å². The van der Waals surface area contributed by atoms with E-state index in [1.807, 2.05) is 41.6 Å². The summed E-state index contributed by atoms with van der Waals surface area (Å²) in [6.45, 7) is 2.52. The van der Waals surface area contributed by atoms with Crippen molar-refractivity contribution in [1.29, 1.82) is 0 Å². The van der Waals surface area contributed by atoms with Crippen LogP contribution in [-0.2, 0) is 19.6 Å². The van der Waals surface area contributed by atoms with E-state index in [2.05, 4.69) is 24.6 Å². The number of nitrogens with one attached hydrogen (secondary N) is 1. The largest absolute Gasteiger partial charge is 0.361 e. The van der Waals surface area contributed by atoms with Gasteiger partial charge in [-0.1, -0.05) is 0 Å². The maximum absolute atomic E-state index is 12.9. The van der Waals surface area contributed by atoms with E-state index in [1.165, 1.54) is 6.33 Å². The van der Waals surface area contributed by atoms with Crippen molar-refractivity contribution in [3.05, 3.63) is 66.4 Å². The van der Waals surface area contributed by atoms with Crippen LogP contribution in [0.4, 0.5) is 0 Å². The van der Waals surface area contributed by atoms with Gasteiger partial charge < -0.3 is 14.5 Å². The zero-order valence-electron chi connectivity index (χ0n) is 14.0. The summed E-state index contributed by atoms with van der Waals surface area (Å²) >= 11 is 0. The predicted octanol–water partition coefficient (Wildman–Crippen LogP) is 1.66. The highest BCUT2D eigenvalue weighted by Gasteiger charge is 2.23. The van der Waals surface area contributed by atoms with E-state index < -0.39 is 0 Å². The van der Waals surface area contributed by atoms with Gasteiger partial charge in [0.25, 0.3) is 5.91 Å². The van der Waals surface area contributed by atoms with Gasteiger partial charge in [-0.3, -0.25) is 4.79 Å². The van der Waals surface area contributed by atoms with E-state index >= 15 is 0 Å². The van der Waals surface area contributed by atoms with E-state index in [0.29, 0.717) is 25.2 Å². The van der Waals surface area contributed by atoms with Crippen molar-refractivity contribution in [2.24, 2.45) is 0 Å². The molecule has 0 radical (unpaired) electrons. The van der Waals surface area contributed by atoms with Crippen LogP contribution >= 0.6 is 0 Å². The highest BCUT2D eigenvalue weighted by Crippen LogP contribution is 2.19. The monoisotopic (exact) mass is 347 g/mol. The molecule has 0 aliphatic carbocycles. The number of hydrogen-bond acceptors (Lipinski definition) is 4. The molecular weight excluding hydrogens is 330 g/mol. The van der Waals surface area contributed by atoms with Gasteiger partial charge in [0.1, 0.15) is 18.5 Å². The van der Waals surface area contributed by atoms with Gasteiger partial charge in [0.05, 0.1) is 18.8 Å². The molecule has 1 N–H and O–H groups in total. The molecule has 1 aromatic carbocycles. The number of H-pyrrole nitrogens is 1. The average Bonchev–Trinajstić information content (AvgIpc) is 3.40. The van der Waals surface area contributed by atoms with E-state index in [4.69, 9.17) is 0 Å². The lowest BCUT2D eigenvalue weighted by Gasteiger charge is -2.27. The van der Waals surface area contributed by atoms with Gasteiger partial charge >= 0.3 is 0 Å². The molecule has 0 spiro atoms. The third-order valence-electron chi connectivity index (χ3n) is 4.73. The first-order valence-electron chi connectivity index (χ1n) is 8.50. The highest BCUT2D eigenvalue weighted by atomic mass is 16.2. The lowest BCUT2D eigenvalue weighted by atomic mass is 10.1. The van der Waals surface area contributed by atoms with Crippen LogP contribution in [0, 0.1) is 0 Å².